The molecule has 0 aromatic heterocycles. The Morgan fingerprint density at radius 3 is 2.86 bits per heavy atom. The second-order valence-corrected chi connectivity index (χ2v) is 5.05. The maximum atomic E-state index is 11.5. The molecule has 3 unspecified atom stereocenters. The third-order valence-corrected chi connectivity index (χ3v) is 4.48. The average molecular weight is 195 g/mol. The Balaban J connectivity index is 2.22. The fourth-order valence-electron chi connectivity index (χ4n) is 3.64. The summed E-state index contributed by atoms with van der Waals surface area (Å²) in [5.74, 6) is 1.04. The average Bonchev–Trinajstić information content (AvgIpc) is 2.43. The molecule has 2 rings (SSSR count). The van der Waals surface area contributed by atoms with E-state index in [9.17, 15) is 4.79 Å². The molecule has 2 fully saturated rings. The standard InChI is InChI=1S/C12H21NO/c1-3-10-6-4-5-7-12(10)8-11(14)13-9(12)2/h9-10H,3-8H2,1-2H3,(H,13,14). The van der Waals surface area contributed by atoms with Gasteiger partial charge in [0, 0.05) is 17.9 Å². The van der Waals surface area contributed by atoms with Crippen LogP contribution in [0.15, 0.2) is 0 Å². The number of rotatable bonds is 1. The first-order valence-electron chi connectivity index (χ1n) is 5.98. The van der Waals surface area contributed by atoms with Crippen molar-refractivity contribution >= 4 is 5.91 Å². The minimum atomic E-state index is 0.276. The normalized spacial score (nSPS) is 42.9. The molecule has 0 radical (unpaired) electrons. The summed E-state index contributed by atoms with van der Waals surface area (Å²) in [6.45, 7) is 4.46. The molecular formula is C12H21NO. The van der Waals surface area contributed by atoms with E-state index in [1.54, 1.807) is 0 Å². The van der Waals surface area contributed by atoms with E-state index in [0.29, 0.717) is 11.5 Å². The second-order valence-electron chi connectivity index (χ2n) is 5.05. The van der Waals surface area contributed by atoms with Crippen LogP contribution >= 0.6 is 0 Å². The molecule has 0 aromatic carbocycles. The topological polar surface area (TPSA) is 29.1 Å². The summed E-state index contributed by atoms with van der Waals surface area (Å²) >= 11 is 0. The zero-order valence-corrected chi connectivity index (χ0v) is 9.31. The highest BCUT2D eigenvalue weighted by Crippen LogP contribution is 2.50. The molecule has 80 valence electrons. The van der Waals surface area contributed by atoms with Crippen LogP contribution in [0.1, 0.15) is 52.4 Å². The summed E-state index contributed by atoms with van der Waals surface area (Å²) in [5.41, 5.74) is 0.310. The van der Waals surface area contributed by atoms with Crippen LogP contribution in [0.3, 0.4) is 0 Å². The first-order chi connectivity index (χ1) is 6.69. The molecule has 1 saturated heterocycles. The summed E-state index contributed by atoms with van der Waals surface area (Å²) in [6.07, 6.45) is 7.28. The van der Waals surface area contributed by atoms with Gasteiger partial charge in [-0.3, -0.25) is 4.79 Å². The van der Waals surface area contributed by atoms with Gasteiger partial charge < -0.3 is 5.32 Å². The fourth-order valence-corrected chi connectivity index (χ4v) is 3.64. The zero-order chi connectivity index (χ0) is 10.2. The Morgan fingerprint density at radius 2 is 2.29 bits per heavy atom. The Hall–Kier alpha value is -0.530. The number of carbonyl (C=O) groups is 1. The quantitative estimate of drug-likeness (QED) is 0.684. The molecule has 2 aliphatic rings. The smallest absolute Gasteiger partial charge is 0.220 e. The van der Waals surface area contributed by atoms with E-state index < -0.39 is 0 Å². The Labute approximate surface area is 86.5 Å². The van der Waals surface area contributed by atoms with Crippen molar-refractivity contribution in [2.45, 2.75) is 58.4 Å². The molecule has 1 N–H and O–H groups in total. The van der Waals surface area contributed by atoms with Gasteiger partial charge in [-0.1, -0.05) is 26.2 Å². The van der Waals surface area contributed by atoms with Crippen molar-refractivity contribution < 1.29 is 4.79 Å². The molecule has 1 aliphatic heterocycles. The van der Waals surface area contributed by atoms with Crippen LogP contribution in [0.4, 0.5) is 0 Å². The van der Waals surface area contributed by atoms with Gasteiger partial charge in [0.1, 0.15) is 0 Å². The largest absolute Gasteiger partial charge is 0.353 e. The van der Waals surface area contributed by atoms with Crippen LogP contribution in [0.25, 0.3) is 0 Å². The maximum Gasteiger partial charge on any atom is 0.220 e. The lowest BCUT2D eigenvalue weighted by molar-refractivity contribution is -0.120. The number of nitrogens with one attached hydrogen (secondary N) is 1. The summed E-state index contributed by atoms with van der Waals surface area (Å²) in [4.78, 5) is 11.5. The van der Waals surface area contributed by atoms with E-state index >= 15 is 0 Å². The van der Waals surface area contributed by atoms with Gasteiger partial charge in [-0.15, -0.1) is 0 Å². The molecule has 2 nitrogen and oxygen atoms in total. The molecular weight excluding hydrogens is 174 g/mol. The summed E-state index contributed by atoms with van der Waals surface area (Å²) in [7, 11) is 0. The summed E-state index contributed by atoms with van der Waals surface area (Å²) in [6, 6.07) is 0.403. The van der Waals surface area contributed by atoms with Crippen LogP contribution < -0.4 is 5.32 Å². The summed E-state index contributed by atoms with van der Waals surface area (Å²) < 4.78 is 0. The third-order valence-electron chi connectivity index (χ3n) is 4.48. The van der Waals surface area contributed by atoms with Gasteiger partial charge in [-0.2, -0.15) is 0 Å². The van der Waals surface area contributed by atoms with E-state index in [1.165, 1.54) is 32.1 Å². The minimum Gasteiger partial charge on any atom is -0.353 e. The van der Waals surface area contributed by atoms with Gasteiger partial charge in [0.15, 0.2) is 0 Å². The number of hydrogen-bond donors (Lipinski definition) is 1. The first-order valence-corrected chi connectivity index (χ1v) is 5.98. The van der Waals surface area contributed by atoms with Crippen LogP contribution in [0.2, 0.25) is 0 Å². The molecule has 2 heteroatoms. The first kappa shape index (κ1) is 10.0. The van der Waals surface area contributed by atoms with E-state index in [0.717, 1.165) is 12.3 Å². The van der Waals surface area contributed by atoms with Gasteiger partial charge >= 0.3 is 0 Å². The monoisotopic (exact) mass is 195 g/mol. The number of carbonyl (C=O) groups excluding carboxylic acids is 1. The number of hydrogen-bond acceptors (Lipinski definition) is 1. The van der Waals surface area contributed by atoms with Crippen molar-refractivity contribution in [3.05, 3.63) is 0 Å². The Kier molecular flexibility index (Phi) is 2.54. The van der Waals surface area contributed by atoms with Gasteiger partial charge in [-0.25, -0.2) is 0 Å². The van der Waals surface area contributed by atoms with E-state index in [-0.39, 0.29) is 5.91 Å². The van der Waals surface area contributed by atoms with E-state index in [1.807, 2.05) is 0 Å². The second kappa shape index (κ2) is 3.56. The molecule has 0 bridgehead atoms. The van der Waals surface area contributed by atoms with Crippen molar-refractivity contribution in [2.24, 2.45) is 11.3 Å². The third kappa shape index (κ3) is 1.35. The predicted octanol–water partition coefficient (Wildman–Crippen LogP) is 2.48. The van der Waals surface area contributed by atoms with Crippen molar-refractivity contribution in [1.29, 1.82) is 0 Å². The van der Waals surface area contributed by atoms with Crippen LogP contribution in [0, 0.1) is 11.3 Å². The lowest BCUT2D eigenvalue weighted by atomic mass is 9.61. The molecule has 1 saturated carbocycles. The van der Waals surface area contributed by atoms with Gasteiger partial charge in [0.2, 0.25) is 5.91 Å². The predicted molar refractivity (Wildman–Crippen MR) is 56.9 cm³/mol. The lowest BCUT2D eigenvalue weighted by Gasteiger charge is -2.43. The highest BCUT2D eigenvalue weighted by Gasteiger charge is 2.49. The zero-order valence-electron chi connectivity index (χ0n) is 9.31. The van der Waals surface area contributed by atoms with Crippen LogP contribution in [-0.2, 0) is 4.79 Å². The summed E-state index contributed by atoms with van der Waals surface area (Å²) in [5, 5.41) is 3.10. The number of amides is 1. The SMILES string of the molecule is CCC1CCCCC12CC(=O)NC2C. The molecule has 1 aliphatic carbocycles. The van der Waals surface area contributed by atoms with Crippen molar-refractivity contribution in [1.82, 2.24) is 5.32 Å². The van der Waals surface area contributed by atoms with E-state index in [2.05, 4.69) is 19.2 Å². The molecule has 1 heterocycles. The van der Waals surface area contributed by atoms with Crippen molar-refractivity contribution in [3.63, 3.8) is 0 Å². The fraction of sp³-hybridized carbons (Fsp3) is 0.917. The maximum absolute atomic E-state index is 11.5. The van der Waals surface area contributed by atoms with Gasteiger partial charge in [-0.05, 0) is 25.7 Å². The highest BCUT2D eigenvalue weighted by atomic mass is 16.2. The van der Waals surface area contributed by atoms with Crippen molar-refractivity contribution in [3.8, 4) is 0 Å². The molecule has 3 atom stereocenters. The molecule has 1 amide bonds. The van der Waals surface area contributed by atoms with Crippen molar-refractivity contribution in [2.75, 3.05) is 0 Å². The van der Waals surface area contributed by atoms with E-state index in [4.69, 9.17) is 0 Å². The Bertz CT molecular complexity index is 238. The Morgan fingerprint density at radius 1 is 1.50 bits per heavy atom. The molecule has 0 aromatic rings. The lowest BCUT2D eigenvalue weighted by Crippen LogP contribution is -2.42. The van der Waals surface area contributed by atoms with Gasteiger partial charge in [0.25, 0.3) is 0 Å². The minimum absolute atomic E-state index is 0.276. The van der Waals surface area contributed by atoms with Crippen LogP contribution in [-0.4, -0.2) is 11.9 Å². The highest BCUT2D eigenvalue weighted by molar-refractivity contribution is 5.80. The molecule has 14 heavy (non-hydrogen) atoms. The molecule has 1 spiro atoms. The van der Waals surface area contributed by atoms with Gasteiger partial charge in [0.05, 0.1) is 0 Å². The van der Waals surface area contributed by atoms with Crippen LogP contribution in [0.5, 0.6) is 0 Å².